The van der Waals surface area contributed by atoms with E-state index in [1.165, 1.54) is 4.57 Å². The molecule has 1 aromatic rings. The van der Waals surface area contributed by atoms with E-state index in [1.807, 2.05) is 0 Å². The highest BCUT2D eigenvalue weighted by Gasteiger charge is 2.37. The van der Waals surface area contributed by atoms with Crippen LogP contribution in [0.4, 0.5) is 5.82 Å². The zero-order chi connectivity index (χ0) is 14.3. The minimum absolute atomic E-state index is 0.0145. The molecule has 0 spiro atoms. The second kappa shape index (κ2) is 4.38. The first-order valence-corrected chi connectivity index (χ1v) is 5.74. The van der Waals surface area contributed by atoms with Gasteiger partial charge >= 0.3 is 11.7 Å². The summed E-state index contributed by atoms with van der Waals surface area (Å²) in [7, 11) is 0. The van der Waals surface area contributed by atoms with E-state index in [1.54, 1.807) is 13.8 Å². The van der Waals surface area contributed by atoms with Crippen molar-refractivity contribution >= 4 is 17.7 Å². The Balaban J connectivity index is 2.69. The first kappa shape index (κ1) is 13.1. The van der Waals surface area contributed by atoms with Gasteiger partial charge in [0.05, 0.1) is 17.9 Å². The Kier molecular flexibility index (Phi) is 3.01. The maximum absolute atomic E-state index is 11.8. The molecule has 1 unspecified atom stereocenters. The molecular formula is C11H13N3O5. The van der Waals surface area contributed by atoms with Crippen molar-refractivity contribution in [2.45, 2.75) is 32.2 Å². The number of aliphatic carboxylic acids is 1. The maximum atomic E-state index is 11.8. The van der Waals surface area contributed by atoms with Gasteiger partial charge in [-0.1, -0.05) is 0 Å². The summed E-state index contributed by atoms with van der Waals surface area (Å²) in [5.41, 5.74) is -1.34. The van der Waals surface area contributed by atoms with Crippen LogP contribution in [0.3, 0.4) is 0 Å². The quantitative estimate of drug-likeness (QED) is 0.689. The van der Waals surface area contributed by atoms with Crippen molar-refractivity contribution in [1.29, 1.82) is 0 Å². The summed E-state index contributed by atoms with van der Waals surface area (Å²) in [5, 5.41) is 11.2. The first-order chi connectivity index (χ1) is 8.82. The Hall–Kier alpha value is -2.38. The molecule has 0 saturated heterocycles. The van der Waals surface area contributed by atoms with Crippen molar-refractivity contribution in [2.75, 3.05) is 5.32 Å². The van der Waals surface area contributed by atoms with Crippen LogP contribution in [-0.2, 0) is 9.59 Å². The number of rotatable bonds is 3. The number of fused-ring (bicyclic) bond motifs is 1. The molecule has 0 bridgehead atoms. The topological polar surface area (TPSA) is 121 Å². The van der Waals surface area contributed by atoms with Crippen LogP contribution in [0.25, 0.3) is 0 Å². The number of amides is 1. The largest absolute Gasteiger partial charge is 0.481 e. The fourth-order valence-corrected chi connectivity index (χ4v) is 2.21. The third kappa shape index (κ3) is 2.05. The first-order valence-electron chi connectivity index (χ1n) is 5.74. The van der Waals surface area contributed by atoms with Gasteiger partial charge in [0.25, 0.3) is 5.56 Å². The average Bonchev–Trinajstić information content (AvgIpc) is 2.54. The lowest BCUT2D eigenvalue weighted by Gasteiger charge is -2.14. The van der Waals surface area contributed by atoms with Gasteiger partial charge in [0.2, 0.25) is 5.91 Å². The molecule has 1 aliphatic heterocycles. The van der Waals surface area contributed by atoms with E-state index < -0.39 is 35.5 Å². The highest BCUT2D eigenvalue weighted by molar-refractivity contribution is 6.03. The van der Waals surface area contributed by atoms with Gasteiger partial charge in [0, 0.05) is 6.04 Å². The molecule has 3 N–H and O–H groups in total. The van der Waals surface area contributed by atoms with Crippen molar-refractivity contribution in [3.8, 4) is 0 Å². The number of anilines is 1. The minimum Gasteiger partial charge on any atom is -0.481 e. The van der Waals surface area contributed by atoms with E-state index in [4.69, 9.17) is 5.11 Å². The Morgan fingerprint density at radius 3 is 2.53 bits per heavy atom. The van der Waals surface area contributed by atoms with Crippen molar-refractivity contribution in [1.82, 2.24) is 9.55 Å². The number of H-pyrrole nitrogens is 1. The third-order valence-electron chi connectivity index (χ3n) is 2.98. The number of hydrogen-bond donors (Lipinski definition) is 3. The summed E-state index contributed by atoms with van der Waals surface area (Å²) >= 11 is 0. The summed E-state index contributed by atoms with van der Waals surface area (Å²) in [6, 6.07) is -0.276. The van der Waals surface area contributed by atoms with Crippen LogP contribution in [0.15, 0.2) is 9.59 Å². The minimum atomic E-state index is -1.19. The second-order valence-corrected chi connectivity index (χ2v) is 4.63. The van der Waals surface area contributed by atoms with Crippen LogP contribution in [0.2, 0.25) is 0 Å². The maximum Gasteiger partial charge on any atom is 0.330 e. The highest BCUT2D eigenvalue weighted by atomic mass is 16.4. The number of aromatic amines is 1. The number of carbonyl (C=O) groups excluding carboxylic acids is 1. The second-order valence-electron chi connectivity index (χ2n) is 4.63. The number of carboxylic acids is 1. The summed E-state index contributed by atoms with van der Waals surface area (Å²) in [6.07, 6.45) is -0.488. The van der Waals surface area contributed by atoms with Gasteiger partial charge in [-0.2, -0.15) is 0 Å². The number of carboxylic acid groups (broad SMARTS) is 1. The molecule has 0 aliphatic carbocycles. The Morgan fingerprint density at radius 2 is 2.00 bits per heavy atom. The van der Waals surface area contributed by atoms with E-state index in [9.17, 15) is 19.2 Å². The number of aromatic nitrogens is 2. The van der Waals surface area contributed by atoms with Crippen molar-refractivity contribution < 1.29 is 14.7 Å². The smallest absolute Gasteiger partial charge is 0.330 e. The molecule has 0 fully saturated rings. The van der Waals surface area contributed by atoms with Gasteiger partial charge in [-0.05, 0) is 13.8 Å². The van der Waals surface area contributed by atoms with Crippen LogP contribution in [0, 0.1) is 0 Å². The van der Waals surface area contributed by atoms with E-state index >= 15 is 0 Å². The molecule has 8 heteroatoms. The van der Waals surface area contributed by atoms with Gasteiger partial charge in [-0.15, -0.1) is 0 Å². The molecule has 0 radical (unpaired) electrons. The summed E-state index contributed by atoms with van der Waals surface area (Å²) in [5.74, 6) is -2.74. The molecule has 102 valence electrons. The zero-order valence-electron chi connectivity index (χ0n) is 10.4. The van der Waals surface area contributed by atoms with Crippen LogP contribution in [0.5, 0.6) is 0 Å². The van der Waals surface area contributed by atoms with E-state index in [0.717, 1.165) is 0 Å². The summed E-state index contributed by atoms with van der Waals surface area (Å²) in [4.78, 5) is 48.1. The van der Waals surface area contributed by atoms with Crippen LogP contribution in [0.1, 0.15) is 37.8 Å². The Bertz CT molecular complexity index is 670. The normalized spacial score (nSPS) is 17.4. The molecule has 8 nitrogen and oxygen atoms in total. The molecule has 1 amide bonds. The monoisotopic (exact) mass is 267 g/mol. The average molecular weight is 267 g/mol. The number of nitrogens with one attached hydrogen (secondary N) is 2. The summed E-state index contributed by atoms with van der Waals surface area (Å²) in [6.45, 7) is 3.44. The molecule has 19 heavy (non-hydrogen) atoms. The van der Waals surface area contributed by atoms with Crippen molar-refractivity contribution in [3.05, 3.63) is 26.4 Å². The molecule has 0 saturated carbocycles. The summed E-state index contributed by atoms with van der Waals surface area (Å²) < 4.78 is 1.23. The van der Waals surface area contributed by atoms with Gasteiger partial charge < -0.3 is 10.4 Å². The van der Waals surface area contributed by atoms with Crippen molar-refractivity contribution in [3.63, 3.8) is 0 Å². The van der Waals surface area contributed by atoms with Gasteiger partial charge in [-0.25, -0.2) is 4.79 Å². The predicted molar refractivity (Wildman–Crippen MR) is 65.3 cm³/mol. The van der Waals surface area contributed by atoms with E-state index in [2.05, 4.69) is 10.3 Å². The molecular weight excluding hydrogens is 254 g/mol. The molecule has 2 heterocycles. The van der Waals surface area contributed by atoms with Gasteiger partial charge in [0.15, 0.2) is 0 Å². The van der Waals surface area contributed by atoms with Crippen LogP contribution < -0.4 is 16.6 Å². The Labute approximate surface area is 107 Å². The SMILES string of the molecule is CC(C)n1c2c(c(=O)[nH]c1=O)C(CC(=O)O)C(=O)N2. The lowest BCUT2D eigenvalue weighted by atomic mass is 10.00. The molecule has 2 rings (SSSR count). The molecule has 0 aromatic carbocycles. The lowest BCUT2D eigenvalue weighted by molar-refractivity contribution is -0.138. The van der Waals surface area contributed by atoms with Crippen LogP contribution >= 0.6 is 0 Å². The fraction of sp³-hybridized carbons (Fsp3) is 0.455. The number of nitrogens with zero attached hydrogens (tertiary/aromatic N) is 1. The van der Waals surface area contributed by atoms with Gasteiger partial charge in [0.1, 0.15) is 5.82 Å². The van der Waals surface area contributed by atoms with E-state index in [-0.39, 0.29) is 17.4 Å². The van der Waals surface area contributed by atoms with Crippen molar-refractivity contribution in [2.24, 2.45) is 0 Å². The number of hydrogen-bond acceptors (Lipinski definition) is 4. The highest BCUT2D eigenvalue weighted by Crippen LogP contribution is 2.31. The molecule has 1 aliphatic rings. The lowest BCUT2D eigenvalue weighted by Crippen LogP contribution is -2.33. The van der Waals surface area contributed by atoms with Crippen LogP contribution in [-0.4, -0.2) is 26.5 Å². The standard InChI is InChI=1S/C11H13N3O5/c1-4(2)14-8-7(10(18)13-11(14)19)5(3-6(15)16)9(17)12-8/h4-5H,3H2,1-2H3,(H,12,17)(H,15,16)(H,13,18,19). The molecule has 1 atom stereocenters. The van der Waals surface area contributed by atoms with Gasteiger partial charge in [-0.3, -0.25) is 23.9 Å². The Morgan fingerprint density at radius 1 is 1.37 bits per heavy atom. The fourth-order valence-electron chi connectivity index (χ4n) is 2.21. The predicted octanol–water partition coefficient (Wildman–Crippen LogP) is -0.372. The zero-order valence-corrected chi connectivity index (χ0v) is 10.4. The molecule has 1 aromatic heterocycles. The third-order valence-corrected chi connectivity index (χ3v) is 2.98. The van der Waals surface area contributed by atoms with E-state index in [0.29, 0.717) is 0 Å². The number of carbonyl (C=O) groups is 2.